The number of anilines is 1. The van der Waals surface area contributed by atoms with Gasteiger partial charge in [-0.2, -0.15) is 0 Å². The highest BCUT2D eigenvalue weighted by Crippen LogP contribution is 2.60. The highest BCUT2D eigenvalue weighted by Gasteiger charge is 2.34. The number of benzene rings is 1. The standard InChI is InChI=1S/C14H19Cl4N2O3PS2/c1-3-22-24(25,23-4-2)26-9-12(21)20-13(14(16,17)18)19-11-7-5-6-10(15)8-11/h5-8,13,19H,3-4,9H2,1-2H3,(H,20,21). The first-order chi connectivity index (χ1) is 12.1. The number of rotatable bonds is 10. The SMILES string of the molecule is CCOP(=S)(OCC)SCC(=O)NC(Nc1cccc(Cl)c1)C(Cl)(Cl)Cl. The van der Waals surface area contributed by atoms with Gasteiger partial charge in [0.15, 0.2) is 0 Å². The van der Waals surface area contributed by atoms with E-state index >= 15 is 0 Å². The summed E-state index contributed by atoms with van der Waals surface area (Å²) in [4.78, 5) is 12.3. The number of nitrogens with one attached hydrogen (secondary N) is 2. The van der Waals surface area contributed by atoms with Crippen LogP contribution in [-0.2, 0) is 25.6 Å². The third kappa shape index (κ3) is 9.18. The molecule has 1 atom stereocenters. The monoisotopic (exact) mass is 498 g/mol. The van der Waals surface area contributed by atoms with Crippen molar-refractivity contribution in [1.29, 1.82) is 0 Å². The highest BCUT2D eigenvalue weighted by molar-refractivity contribution is 8.68. The first kappa shape index (κ1) is 24.6. The van der Waals surface area contributed by atoms with Crippen molar-refractivity contribution in [3.63, 3.8) is 0 Å². The molecule has 0 radical (unpaired) electrons. The molecule has 0 aliphatic carbocycles. The van der Waals surface area contributed by atoms with Crippen molar-refractivity contribution in [2.75, 3.05) is 24.3 Å². The van der Waals surface area contributed by atoms with E-state index in [1.54, 1.807) is 24.3 Å². The predicted octanol–water partition coefficient (Wildman–Crippen LogP) is 5.60. The first-order valence-electron chi connectivity index (χ1n) is 7.51. The number of carbonyl (C=O) groups is 1. The molecule has 1 unspecified atom stereocenters. The molecule has 0 saturated carbocycles. The van der Waals surface area contributed by atoms with E-state index in [0.29, 0.717) is 23.9 Å². The largest absolute Gasteiger partial charge is 0.362 e. The van der Waals surface area contributed by atoms with Gasteiger partial charge in [-0.05, 0) is 43.9 Å². The lowest BCUT2D eigenvalue weighted by molar-refractivity contribution is -0.119. The van der Waals surface area contributed by atoms with Crippen molar-refractivity contribution in [3.05, 3.63) is 29.3 Å². The minimum absolute atomic E-state index is 0.00570. The molecule has 5 nitrogen and oxygen atoms in total. The molecule has 1 aromatic carbocycles. The molecule has 0 aliphatic rings. The van der Waals surface area contributed by atoms with Gasteiger partial charge in [0, 0.05) is 10.7 Å². The van der Waals surface area contributed by atoms with E-state index in [-0.39, 0.29) is 11.7 Å². The zero-order valence-corrected chi connectivity index (χ0v) is 19.6. The Morgan fingerprint density at radius 2 is 1.92 bits per heavy atom. The number of halogens is 4. The molecular formula is C14H19Cl4N2O3PS2. The first-order valence-corrected chi connectivity index (χ1v) is 13.3. The molecule has 0 bridgehead atoms. The van der Waals surface area contributed by atoms with E-state index < -0.39 is 15.7 Å². The number of alkyl halides is 3. The Morgan fingerprint density at radius 3 is 2.42 bits per heavy atom. The molecule has 0 heterocycles. The van der Waals surface area contributed by atoms with E-state index in [1.807, 2.05) is 13.8 Å². The van der Waals surface area contributed by atoms with Gasteiger partial charge in [0.1, 0.15) is 6.17 Å². The van der Waals surface area contributed by atoms with Crippen LogP contribution < -0.4 is 10.6 Å². The predicted molar refractivity (Wildman–Crippen MR) is 117 cm³/mol. The summed E-state index contributed by atoms with van der Waals surface area (Å²) in [6, 6.07) is 6.83. The molecule has 1 amide bonds. The molecule has 148 valence electrons. The van der Waals surface area contributed by atoms with E-state index in [9.17, 15) is 4.79 Å². The summed E-state index contributed by atoms with van der Waals surface area (Å²) in [7, 11) is 0. The van der Waals surface area contributed by atoms with Crippen LogP contribution in [0, 0.1) is 0 Å². The Hall–Kier alpha value is 0.570. The Balaban J connectivity index is 2.73. The number of hydrogen-bond acceptors (Lipinski definition) is 6. The van der Waals surface area contributed by atoms with Crippen LogP contribution in [0.3, 0.4) is 0 Å². The molecule has 1 aromatic rings. The van der Waals surface area contributed by atoms with Gasteiger partial charge in [-0.3, -0.25) is 4.79 Å². The van der Waals surface area contributed by atoms with Crippen LogP contribution in [0.1, 0.15) is 13.8 Å². The van der Waals surface area contributed by atoms with Gasteiger partial charge < -0.3 is 19.7 Å². The maximum Gasteiger partial charge on any atom is 0.247 e. The summed E-state index contributed by atoms with van der Waals surface area (Å²) < 4.78 is 9.17. The summed E-state index contributed by atoms with van der Waals surface area (Å²) in [6.45, 7) is 4.43. The number of amides is 1. The fraction of sp³-hybridized carbons (Fsp3) is 0.500. The van der Waals surface area contributed by atoms with Crippen molar-refractivity contribution in [3.8, 4) is 0 Å². The average Bonchev–Trinajstić information content (AvgIpc) is 2.52. The lowest BCUT2D eigenvalue weighted by atomic mass is 10.3. The Bertz CT molecular complexity index is 639. The Labute approximate surface area is 182 Å². The number of carbonyl (C=O) groups excluding carboxylic acids is 1. The summed E-state index contributed by atoms with van der Waals surface area (Å²) in [5, 5.41) is 6.08. The van der Waals surface area contributed by atoms with Crippen LogP contribution in [0.25, 0.3) is 0 Å². The second-order valence-corrected chi connectivity index (χ2v) is 13.9. The van der Waals surface area contributed by atoms with Gasteiger partial charge in [0.05, 0.1) is 19.0 Å². The third-order valence-corrected chi connectivity index (χ3v) is 8.99. The van der Waals surface area contributed by atoms with Gasteiger partial charge in [-0.25, -0.2) is 0 Å². The minimum atomic E-state index is -2.58. The van der Waals surface area contributed by atoms with Crippen molar-refractivity contribution >= 4 is 86.9 Å². The summed E-state index contributed by atoms with van der Waals surface area (Å²) in [6.07, 6.45) is -0.976. The average molecular weight is 500 g/mol. The second-order valence-electron chi connectivity index (χ2n) is 4.75. The summed E-state index contributed by atoms with van der Waals surface area (Å²) in [5.74, 6) is -0.374. The van der Waals surface area contributed by atoms with Crippen LogP contribution in [0.4, 0.5) is 5.69 Å². The van der Waals surface area contributed by atoms with Gasteiger partial charge in [-0.1, -0.05) is 63.9 Å². The number of hydrogen-bond donors (Lipinski definition) is 2. The maximum atomic E-state index is 12.3. The fourth-order valence-electron chi connectivity index (χ4n) is 1.71. The fourth-order valence-corrected chi connectivity index (χ4v) is 6.46. The smallest absolute Gasteiger partial charge is 0.247 e. The Kier molecular flexibility index (Phi) is 10.9. The molecule has 12 heteroatoms. The topological polar surface area (TPSA) is 59.6 Å². The molecule has 0 spiro atoms. The molecule has 2 N–H and O–H groups in total. The van der Waals surface area contributed by atoms with Gasteiger partial charge >= 0.3 is 0 Å². The van der Waals surface area contributed by atoms with E-state index in [1.165, 1.54) is 0 Å². The third-order valence-electron chi connectivity index (χ3n) is 2.70. The molecule has 26 heavy (non-hydrogen) atoms. The molecule has 0 aliphatic heterocycles. The maximum absolute atomic E-state index is 12.3. The van der Waals surface area contributed by atoms with Crippen LogP contribution in [0.2, 0.25) is 5.02 Å². The van der Waals surface area contributed by atoms with E-state index in [0.717, 1.165) is 11.4 Å². The van der Waals surface area contributed by atoms with Crippen LogP contribution in [0.15, 0.2) is 24.3 Å². The molecule has 1 rings (SSSR count). The normalized spacial score (nSPS) is 13.3. The van der Waals surface area contributed by atoms with Crippen molar-refractivity contribution in [2.24, 2.45) is 0 Å². The minimum Gasteiger partial charge on any atom is -0.362 e. The van der Waals surface area contributed by atoms with Crippen LogP contribution >= 0.6 is 63.5 Å². The zero-order chi connectivity index (χ0) is 19.8. The highest BCUT2D eigenvalue weighted by atomic mass is 35.6. The summed E-state index contributed by atoms with van der Waals surface area (Å²) in [5.41, 5.74) is -1.98. The second kappa shape index (κ2) is 11.5. The van der Waals surface area contributed by atoms with E-state index in [2.05, 4.69) is 10.6 Å². The molecule has 0 aromatic heterocycles. The zero-order valence-electron chi connectivity index (χ0n) is 14.0. The van der Waals surface area contributed by atoms with Crippen molar-refractivity contribution in [1.82, 2.24) is 5.32 Å². The van der Waals surface area contributed by atoms with Crippen molar-refractivity contribution in [2.45, 2.75) is 23.8 Å². The lowest BCUT2D eigenvalue weighted by Crippen LogP contribution is -2.49. The summed E-state index contributed by atoms with van der Waals surface area (Å²) >= 11 is 30.4. The quantitative estimate of drug-likeness (QED) is 0.248. The van der Waals surface area contributed by atoms with Crippen LogP contribution in [0.5, 0.6) is 0 Å². The van der Waals surface area contributed by atoms with Crippen molar-refractivity contribution < 1.29 is 13.8 Å². The van der Waals surface area contributed by atoms with Gasteiger partial charge in [0.2, 0.25) is 15.4 Å². The van der Waals surface area contributed by atoms with E-state index in [4.69, 9.17) is 67.3 Å². The van der Waals surface area contributed by atoms with Gasteiger partial charge in [0.25, 0.3) is 0 Å². The van der Waals surface area contributed by atoms with Crippen LogP contribution in [-0.4, -0.2) is 34.8 Å². The molecule has 0 fully saturated rings. The molecular weight excluding hydrogens is 481 g/mol. The van der Waals surface area contributed by atoms with Gasteiger partial charge in [-0.15, -0.1) is 0 Å². The lowest BCUT2D eigenvalue weighted by Gasteiger charge is -2.28. The molecule has 0 saturated heterocycles. The Morgan fingerprint density at radius 1 is 1.31 bits per heavy atom.